The number of aliphatic imine (C=N–C) groups is 1. The van der Waals surface area contributed by atoms with E-state index in [0.717, 1.165) is 19.6 Å². The number of hydrogen-bond donors (Lipinski definition) is 2. The SMILES string of the molecule is CN=C(N)N[C@H]1CCCN(Cc2ccccc2)C1. The van der Waals surface area contributed by atoms with Gasteiger partial charge in [-0.3, -0.25) is 9.89 Å². The van der Waals surface area contributed by atoms with Crippen LogP contribution in [-0.4, -0.2) is 37.0 Å². The van der Waals surface area contributed by atoms with Crippen LogP contribution in [0, 0.1) is 0 Å². The monoisotopic (exact) mass is 246 g/mol. The van der Waals surface area contributed by atoms with Gasteiger partial charge in [0.25, 0.3) is 0 Å². The van der Waals surface area contributed by atoms with E-state index in [1.807, 2.05) is 0 Å². The fraction of sp³-hybridized carbons (Fsp3) is 0.500. The third kappa shape index (κ3) is 3.74. The van der Waals surface area contributed by atoms with E-state index in [2.05, 4.69) is 45.5 Å². The first-order chi connectivity index (χ1) is 8.78. The van der Waals surface area contributed by atoms with Gasteiger partial charge in [-0.15, -0.1) is 0 Å². The number of nitrogens with zero attached hydrogens (tertiary/aromatic N) is 2. The molecule has 0 bridgehead atoms. The summed E-state index contributed by atoms with van der Waals surface area (Å²) in [7, 11) is 1.72. The molecule has 4 nitrogen and oxygen atoms in total. The average Bonchev–Trinajstić information content (AvgIpc) is 2.40. The minimum Gasteiger partial charge on any atom is -0.370 e. The first-order valence-corrected chi connectivity index (χ1v) is 6.53. The molecule has 1 heterocycles. The molecule has 1 aliphatic rings. The van der Waals surface area contributed by atoms with Crippen molar-refractivity contribution in [2.45, 2.75) is 25.4 Å². The van der Waals surface area contributed by atoms with E-state index in [-0.39, 0.29) is 0 Å². The Morgan fingerprint density at radius 3 is 2.94 bits per heavy atom. The Morgan fingerprint density at radius 2 is 2.22 bits per heavy atom. The Bertz CT molecular complexity index is 388. The van der Waals surface area contributed by atoms with Crippen LogP contribution in [-0.2, 0) is 6.54 Å². The van der Waals surface area contributed by atoms with Gasteiger partial charge in [-0.1, -0.05) is 30.3 Å². The van der Waals surface area contributed by atoms with Crippen molar-refractivity contribution >= 4 is 5.96 Å². The highest BCUT2D eigenvalue weighted by Crippen LogP contribution is 2.13. The molecule has 3 N–H and O–H groups in total. The maximum atomic E-state index is 5.72. The molecule has 4 heteroatoms. The maximum absolute atomic E-state index is 5.72. The molecule has 1 aromatic carbocycles. The quantitative estimate of drug-likeness (QED) is 0.622. The molecule has 1 aliphatic heterocycles. The normalized spacial score (nSPS) is 21.8. The summed E-state index contributed by atoms with van der Waals surface area (Å²) < 4.78 is 0. The summed E-state index contributed by atoms with van der Waals surface area (Å²) >= 11 is 0. The van der Waals surface area contributed by atoms with Crippen LogP contribution >= 0.6 is 0 Å². The lowest BCUT2D eigenvalue weighted by molar-refractivity contribution is 0.193. The molecule has 1 atom stereocenters. The molecular weight excluding hydrogens is 224 g/mol. The summed E-state index contributed by atoms with van der Waals surface area (Å²) in [5, 5.41) is 3.27. The van der Waals surface area contributed by atoms with Crippen molar-refractivity contribution in [3.8, 4) is 0 Å². The largest absolute Gasteiger partial charge is 0.370 e. The summed E-state index contributed by atoms with van der Waals surface area (Å²) in [6, 6.07) is 11.0. The van der Waals surface area contributed by atoms with Gasteiger partial charge < -0.3 is 11.1 Å². The van der Waals surface area contributed by atoms with E-state index in [4.69, 9.17) is 5.73 Å². The zero-order chi connectivity index (χ0) is 12.8. The minimum absolute atomic E-state index is 0.422. The summed E-state index contributed by atoms with van der Waals surface area (Å²) in [6.45, 7) is 3.21. The molecule has 0 spiro atoms. The molecule has 18 heavy (non-hydrogen) atoms. The van der Waals surface area contributed by atoms with Crippen LogP contribution in [0.1, 0.15) is 18.4 Å². The summed E-state index contributed by atoms with van der Waals surface area (Å²) in [6.07, 6.45) is 2.38. The van der Waals surface area contributed by atoms with Crippen LogP contribution in [0.25, 0.3) is 0 Å². The molecule has 1 fully saturated rings. The molecule has 0 radical (unpaired) electrons. The second kappa shape index (κ2) is 6.40. The molecule has 0 unspecified atom stereocenters. The fourth-order valence-corrected chi connectivity index (χ4v) is 2.43. The third-order valence-electron chi connectivity index (χ3n) is 3.35. The zero-order valence-corrected chi connectivity index (χ0v) is 11.0. The summed E-state index contributed by atoms with van der Waals surface area (Å²) in [5.74, 6) is 0.543. The Labute approximate surface area is 109 Å². The van der Waals surface area contributed by atoms with Crippen molar-refractivity contribution in [3.05, 3.63) is 35.9 Å². The minimum atomic E-state index is 0.422. The summed E-state index contributed by atoms with van der Waals surface area (Å²) in [4.78, 5) is 6.43. The highest BCUT2D eigenvalue weighted by Gasteiger charge is 2.19. The number of nitrogens with two attached hydrogens (primary N) is 1. The predicted molar refractivity (Wildman–Crippen MR) is 75.4 cm³/mol. The predicted octanol–water partition coefficient (Wildman–Crippen LogP) is 1.19. The van der Waals surface area contributed by atoms with Gasteiger partial charge in [-0.25, -0.2) is 0 Å². The van der Waals surface area contributed by atoms with E-state index >= 15 is 0 Å². The van der Waals surface area contributed by atoms with Gasteiger partial charge in [-0.2, -0.15) is 0 Å². The van der Waals surface area contributed by atoms with Crippen LogP contribution < -0.4 is 11.1 Å². The number of nitrogens with one attached hydrogen (secondary N) is 1. The first-order valence-electron chi connectivity index (χ1n) is 6.53. The van der Waals surface area contributed by atoms with Gasteiger partial charge in [0.15, 0.2) is 5.96 Å². The van der Waals surface area contributed by atoms with Crippen molar-refractivity contribution in [2.75, 3.05) is 20.1 Å². The topological polar surface area (TPSA) is 53.6 Å². The van der Waals surface area contributed by atoms with Gasteiger partial charge in [0.1, 0.15) is 0 Å². The van der Waals surface area contributed by atoms with Crippen molar-refractivity contribution in [1.82, 2.24) is 10.2 Å². The van der Waals surface area contributed by atoms with Crippen molar-refractivity contribution in [3.63, 3.8) is 0 Å². The molecule has 2 rings (SSSR count). The molecule has 0 saturated carbocycles. The average molecular weight is 246 g/mol. The van der Waals surface area contributed by atoms with Crippen LogP contribution in [0.4, 0.5) is 0 Å². The molecule has 1 aromatic rings. The standard InChI is InChI=1S/C14H22N4/c1-16-14(15)17-13-8-5-9-18(11-13)10-12-6-3-2-4-7-12/h2-4,6-7,13H,5,8-11H2,1H3,(H3,15,16,17)/t13-/m0/s1. The second-order valence-electron chi connectivity index (χ2n) is 4.81. The molecule has 0 aliphatic carbocycles. The van der Waals surface area contributed by atoms with Gasteiger partial charge in [0.2, 0.25) is 0 Å². The number of piperidine rings is 1. The van der Waals surface area contributed by atoms with Crippen molar-refractivity contribution in [2.24, 2.45) is 10.7 Å². The van der Waals surface area contributed by atoms with Crippen molar-refractivity contribution in [1.29, 1.82) is 0 Å². The van der Waals surface area contributed by atoms with E-state index < -0.39 is 0 Å². The Balaban J connectivity index is 1.87. The Hall–Kier alpha value is -1.55. The lowest BCUT2D eigenvalue weighted by Gasteiger charge is -2.33. The second-order valence-corrected chi connectivity index (χ2v) is 4.81. The third-order valence-corrected chi connectivity index (χ3v) is 3.35. The Morgan fingerprint density at radius 1 is 1.44 bits per heavy atom. The van der Waals surface area contributed by atoms with Gasteiger partial charge >= 0.3 is 0 Å². The van der Waals surface area contributed by atoms with E-state index in [1.54, 1.807) is 7.05 Å². The lowest BCUT2D eigenvalue weighted by atomic mass is 10.0. The first kappa shape index (κ1) is 12.9. The van der Waals surface area contributed by atoms with Gasteiger partial charge in [-0.05, 0) is 24.9 Å². The number of guanidine groups is 1. The van der Waals surface area contributed by atoms with Crippen LogP contribution in [0.5, 0.6) is 0 Å². The van der Waals surface area contributed by atoms with Gasteiger partial charge in [0.05, 0.1) is 0 Å². The van der Waals surface area contributed by atoms with E-state index in [9.17, 15) is 0 Å². The van der Waals surface area contributed by atoms with E-state index in [1.165, 1.54) is 18.4 Å². The van der Waals surface area contributed by atoms with Crippen LogP contribution in [0.2, 0.25) is 0 Å². The smallest absolute Gasteiger partial charge is 0.188 e. The molecule has 1 saturated heterocycles. The zero-order valence-electron chi connectivity index (χ0n) is 11.0. The number of benzene rings is 1. The number of hydrogen-bond acceptors (Lipinski definition) is 2. The van der Waals surface area contributed by atoms with Crippen molar-refractivity contribution < 1.29 is 0 Å². The van der Waals surface area contributed by atoms with Crippen LogP contribution in [0.3, 0.4) is 0 Å². The van der Waals surface area contributed by atoms with Crippen LogP contribution in [0.15, 0.2) is 35.3 Å². The fourth-order valence-electron chi connectivity index (χ4n) is 2.43. The van der Waals surface area contributed by atoms with E-state index in [0.29, 0.717) is 12.0 Å². The Kier molecular flexibility index (Phi) is 4.59. The van der Waals surface area contributed by atoms with Gasteiger partial charge in [0, 0.05) is 26.2 Å². The summed E-state index contributed by atoms with van der Waals surface area (Å²) in [5.41, 5.74) is 7.09. The highest BCUT2D eigenvalue weighted by molar-refractivity contribution is 5.77. The highest BCUT2D eigenvalue weighted by atomic mass is 15.2. The molecule has 0 amide bonds. The number of rotatable bonds is 3. The maximum Gasteiger partial charge on any atom is 0.188 e. The number of likely N-dealkylation sites (tertiary alicyclic amines) is 1. The molecular formula is C14H22N4. The molecule has 0 aromatic heterocycles. The molecule has 98 valence electrons. The lowest BCUT2D eigenvalue weighted by Crippen LogP contribution is -2.49.